The van der Waals surface area contributed by atoms with Crippen LogP contribution in [0.25, 0.3) is 0 Å². The number of rotatable bonds is 3. The molecule has 0 aliphatic heterocycles. The van der Waals surface area contributed by atoms with Gasteiger partial charge in [-0.25, -0.2) is 9.18 Å². The van der Waals surface area contributed by atoms with Crippen molar-refractivity contribution >= 4 is 22.0 Å². The highest BCUT2D eigenvalue weighted by Crippen LogP contribution is 2.39. The molecule has 0 heterocycles. The molecule has 0 amide bonds. The van der Waals surface area contributed by atoms with Crippen LogP contribution in [0.2, 0.25) is 0 Å². The van der Waals surface area contributed by atoms with Crippen LogP contribution >= 0.6 is 15.9 Å². The van der Waals surface area contributed by atoms with E-state index in [9.17, 15) is 14.3 Å². The smallest absolute Gasteiger partial charge is 0.238 e. The van der Waals surface area contributed by atoms with Gasteiger partial charge in [0, 0.05) is 10.0 Å². The standard InChI is InChI=1S/C10H9BrFNO3/c1-10(12,13-5-14)6-3-9(16-2)8(15)4-7(6)11/h3-4,15H,1-2H3. The Morgan fingerprint density at radius 2 is 2.25 bits per heavy atom. The summed E-state index contributed by atoms with van der Waals surface area (Å²) in [4.78, 5) is 13.2. The maximum atomic E-state index is 13.9. The van der Waals surface area contributed by atoms with Crippen LogP contribution < -0.4 is 4.74 Å². The number of hydrogen-bond donors (Lipinski definition) is 1. The van der Waals surface area contributed by atoms with E-state index >= 15 is 0 Å². The van der Waals surface area contributed by atoms with Gasteiger partial charge < -0.3 is 9.84 Å². The summed E-state index contributed by atoms with van der Waals surface area (Å²) in [5, 5.41) is 9.43. The second kappa shape index (κ2) is 4.63. The summed E-state index contributed by atoms with van der Waals surface area (Å²) >= 11 is 3.07. The van der Waals surface area contributed by atoms with Gasteiger partial charge in [-0.05, 0) is 19.1 Å². The Kier molecular flexibility index (Phi) is 3.67. The lowest BCUT2D eigenvalue weighted by molar-refractivity contribution is 0.204. The fraction of sp³-hybridized carbons (Fsp3) is 0.300. The number of nitrogens with zero attached hydrogens (tertiary/aromatic N) is 1. The number of alkyl halides is 1. The maximum absolute atomic E-state index is 13.9. The largest absolute Gasteiger partial charge is 0.504 e. The number of halogens is 2. The summed E-state index contributed by atoms with van der Waals surface area (Å²) in [6, 6.07) is 2.53. The Morgan fingerprint density at radius 1 is 1.62 bits per heavy atom. The topological polar surface area (TPSA) is 58.9 Å². The maximum Gasteiger partial charge on any atom is 0.238 e. The number of isocyanates is 1. The van der Waals surface area contributed by atoms with Gasteiger partial charge in [0.15, 0.2) is 11.5 Å². The third-order valence-corrected chi connectivity index (χ3v) is 2.67. The highest BCUT2D eigenvalue weighted by molar-refractivity contribution is 9.10. The third-order valence-electron chi connectivity index (χ3n) is 2.02. The summed E-state index contributed by atoms with van der Waals surface area (Å²) in [5.74, 6) is -2.26. The summed E-state index contributed by atoms with van der Waals surface area (Å²) in [5.41, 5.74) is 0.0745. The third kappa shape index (κ3) is 2.40. The summed E-state index contributed by atoms with van der Waals surface area (Å²) in [6.07, 6.45) is 1.16. The van der Waals surface area contributed by atoms with Gasteiger partial charge in [-0.3, -0.25) is 0 Å². The van der Waals surface area contributed by atoms with Crippen molar-refractivity contribution in [2.75, 3.05) is 7.11 Å². The van der Waals surface area contributed by atoms with Gasteiger partial charge in [0.05, 0.1) is 7.11 Å². The highest BCUT2D eigenvalue weighted by Gasteiger charge is 2.29. The molecule has 0 aromatic heterocycles. The summed E-state index contributed by atoms with van der Waals surface area (Å²) in [7, 11) is 1.34. The van der Waals surface area contributed by atoms with E-state index in [0.29, 0.717) is 0 Å². The molecule has 86 valence electrons. The fourth-order valence-corrected chi connectivity index (χ4v) is 1.90. The van der Waals surface area contributed by atoms with Gasteiger partial charge in [0.1, 0.15) is 0 Å². The van der Waals surface area contributed by atoms with Crippen LogP contribution in [-0.4, -0.2) is 18.3 Å². The predicted octanol–water partition coefficient (Wildman–Crippen LogP) is 2.64. The van der Waals surface area contributed by atoms with Crippen LogP contribution in [0.15, 0.2) is 21.6 Å². The molecule has 4 nitrogen and oxygen atoms in total. The average Bonchev–Trinajstić information content (AvgIpc) is 2.17. The van der Waals surface area contributed by atoms with Crippen molar-refractivity contribution in [3.63, 3.8) is 0 Å². The van der Waals surface area contributed by atoms with Gasteiger partial charge >= 0.3 is 0 Å². The first-order valence-corrected chi connectivity index (χ1v) is 5.06. The van der Waals surface area contributed by atoms with E-state index in [1.165, 1.54) is 19.2 Å². The van der Waals surface area contributed by atoms with E-state index in [0.717, 1.165) is 13.0 Å². The highest BCUT2D eigenvalue weighted by atomic mass is 79.9. The number of aromatic hydroxyl groups is 1. The van der Waals surface area contributed by atoms with Crippen molar-refractivity contribution in [2.24, 2.45) is 4.99 Å². The number of phenolic OH excluding ortho intramolecular Hbond substituents is 1. The Morgan fingerprint density at radius 3 is 2.75 bits per heavy atom. The number of aliphatic imine (C=N–C) groups is 1. The quantitative estimate of drug-likeness (QED) is 0.529. The first kappa shape index (κ1) is 12.7. The second-order valence-corrected chi connectivity index (χ2v) is 4.01. The first-order chi connectivity index (χ1) is 7.42. The molecule has 6 heteroatoms. The number of phenols is 1. The Labute approximate surface area is 99.9 Å². The monoisotopic (exact) mass is 289 g/mol. The van der Waals surface area contributed by atoms with Crippen molar-refractivity contribution in [1.82, 2.24) is 0 Å². The lowest BCUT2D eigenvalue weighted by Crippen LogP contribution is -2.12. The zero-order chi connectivity index (χ0) is 12.3. The molecule has 0 fully saturated rings. The molecule has 0 bridgehead atoms. The van der Waals surface area contributed by atoms with Crippen LogP contribution in [0.3, 0.4) is 0 Å². The van der Waals surface area contributed by atoms with Crippen molar-refractivity contribution < 1.29 is 19.0 Å². The minimum atomic E-state index is -2.22. The van der Waals surface area contributed by atoms with E-state index in [2.05, 4.69) is 20.9 Å². The molecule has 1 N–H and O–H groups in total. The molecule has 1 atom stereocenters. The van der Waals surface area contributed by atoms with E-state index < -0.39 is 5.79 Å². The molecule has 0 aliphatic rings. The molecule has 0 radical (unpaired) electrons. The zero-order valence-corrected chi connectivity index (χ0v) is 10.2. The molecule has 0 saturated carbocycles. The van der Waals surface area contributed by atoms with Crippen LogP contribution in [0, 0.1) is 0 Å². The second-order valence-electron chi connectivity index (χ2n) is 3.16. The van der Waals surface area contributed by atoms with Crippen LogP contribution in [0.5, 0.6) is 11.5 Å². The number of ether oxygens (including phenoxy) is 1. The minimum Gasteiger partial charge on any atom is -0.504 e. The molecule has 1 aromatic carbocycles. The number of benzene rings is 1. The van der Waals surface area contributed by atoms with E-state index in [-0.39, 0.29) is 21.5 Å². The van der Waals surface area contributed by atoms with Gasteiger partial charge in [-0.2, -0.15) is 4.99 Å². The first-order valence-electron chi connectivity index (χ1n) is 4.27. The van der Waals surface area contributed by atoms with Crippen LogP contribution in [0.1, 0.15) is 12.5 Å². The lowest BCUT2D eigenvalue weighted by Gasteiger charge is -2.17. The van der Waals surface area contributed by atoms with Crippen molar-refractivity contribution in [3.8, 4) is 11.5 Å². The lowest BCUT2D eigenvalue weighted by atomic mass is 10.1. The molecule has 1 aromatic rings. The molecule has 0 saturated heterocycles. The fourth-order valence-electron chi connectivity index (χ4n) is 1.20. The molecule has 0 spiro atoms. The van der Waals surface area contributed by atoms with Gasteiger partial charge in [0.2, 0.25) is 11.9 Å². The molecule has 1 rings (SSSR count). The van der Waals surface area contributed by atoms with Crippen LogP contribution in [-0.2, 0) is 10.6 Å². The molecule has 0 aliphatic carbocycles. The minimum absolute atomic E-state index is 0.0745. The predicted molar refractivity (Wildman–Crippen MR) is 58.9 cm³/mol. The molecule has 16 heavy (non-hydrogen) atoms. The summed E-state index contributed by atoms with van der Waals surface area (Å²) in [6.45, 7) is 1.11. The van der Waals surface area contributed by atoms with Crippen molar-refractivity contribution in [1.29, 1.82) is 0 Å². The number of methoxy groups -OCH3 is 1. The molecular weight excluding hydrogens is 281 g/mol. The van der Waals surface area contributed by atoms with Crippen molar-refractivity contribution in [3.05, 3.63) is 22.2 Å². The summed E-state index contributed by atoms with van der Waals surface area (Å²) < 4.78 is 19.1. The van der Waals surface area contributed by atoms with Gasteiger partial charge in [-0.1, -0.05) is 15.9 Å². The number of hydrogen-bond acceptors (Lipinski definition) is 4. The normalized spacial score (nSPS) is 13.8. The van der Waals surface area contributed by atoms with Crippen LogP contribution in [0.4, 0.5) is 4.39 Å². The number of carbonyl (C=O) groups excluding carboxylic acids is 1. The average molecular weight is 290 g/mol. The van der Waals surface area contributed by atoms with Crippen molar-refractivity contribution in [2.45, 2.75) is 12.7 Å². The van der Waals surface area contributed by atoms with Gasteiger partial charge in [-0.15, -0.1) is 0 Å². The SMILES string of the molecule is COc1cc(C(C)(F)N=C=O)c(Br)cc1O. The molecular formula is C10H9BrFNO3. The zero-order valence-electron chi connectivity index (χ0n) is 8.62. The van der Waals surface area contributed by atoms with Gasteiger partial charge in [0.25, 0.3) is 0 Å². The van der Waals surface area contributed by atoms with E-state index in [1.807, 2.05) is 0 Å². The van der Waals surface area contributed by atoms with E-state index in [4.69, 9.17) is 4.74 Å². The Hall–Kier alpha value is -1.39. The Balaban J connectivity index is 3.39. The Bertz CT molecular complexity index is 456. The van der Waals surface area contributed by atoms with E-state index in [1.54, 1.807) is 0 Å². The molecule has 1 unspecified atom stereocenters.